The Hall–Kier alpha value is -4.11. The molecule has 1 unspecified atom stereocenters. The summed E-state index contributed by atoms with van der Waals surface area (Å²) in [6, 6.07) is 11.2. The molecule has 0 radical (unpaired) electrons. The molecule has 0 saturated carbocycles. The average molecular weight is 457 g/mol. The molecule has 1 atom stereocenters. The van der Waals surface area contributed by atoms with E-state index in [0.29, 0.717) is 29.4 Å². The molecule has 0 fully saturated rings. The first-order chi connectivity index (χ1) is 16.2. The Balaban J connectivity index is 1.44. The molecule has 3 heterocycles. The van der Waals surface area contributed by atoms with E-state index in [-0.39, 0.29) is 0 Å². The number of nitrogens with zero attached hydrogens (tertiary/aromatic N) is 5. The number of carbonyl (C=O) groups is 1. The van der Waals surface area contributed by atoms with Crippen LogP contribution >= 0.6 is 0 Å². The van der Waals surface area contributed by atoms with Gasteiger partial charge in [-0.1, -0.05) is 22.9 Å². The highest BCUT2D eigenvalue weighted by atomic mass is 16.3. The molecule has 4 aromatic rings. The largest absolute Gasteiger partial charge is 0.383 e. The van der Waals surface area contributed by atoms with Crippen LogP contribution in [0, 0.1) is 13.8 Å². The Morgan fingerprint density at radius 1 is 1.21 bits per heavy atom. The molecule has 1 aliphatic heterocycles. The summed E-state index contributed by atoms with van der Waals surface area (Å²) >= 11 is 0. The lowest BCUT2D eigenvalue weighted by atomic mass is 9.99. The van der Waals surface area contributed by atoms with E-state index in [1.807, 2.05) is 69.0 Å². The van der Waals surface area contributed by atoms with Gasteiger partial charge in [-0.2, -0.15) is 0 Å². The number of nitrogens with two attached hydrogens (primary N) is 1. The fraction of sp³-hybridized carbons (Fsp3) is 0.240. The number of azo groups is 2. The number of benzene rings is 2. The minimum absolute atomic E-state index is 0.435. The summed E-state index contributed by atoms with van der Waals surface area (Å²) in [6.07, 6.45) is 0.667. The number of anilines is 2. The summed E-state index contributed by atoms with van der Waals surface area (Å²) in [4.78, 5) is 21.7. The molecule has 172 valence electrons. The molecule has 1 amide bonds. The molecule has 0 aliphatic carbocycles. The van der Waals surface area contributed by atoms with Crippen LogP contribution in [0.3, 0.4) is 0 Å². The molecule has 9 nitrogen and oxygen atoms in total. The van der Waals surface area contributed by atoms with Crippen LogP contribution in [0.5, 0.6) is 0 Å². The second-order valence-electron chi connectivity index (χ2n) is 8.61. The van der Waals surface area contributed by atoms with Crippen LogP contribution in [-0.2, 0) is 18.4 Å². The molecule has 0 saturated heterocycles. The van der Waals surface area contributed by atoms with Crippen LogP contribution in [-0.4, -0.2) is 37.3 Å². The van der Waals surface area contributed by atoms with E-state index in [2.05, 4.69) is 20.4 Å². The number of carbonyl (C=O) groups excluding carboxylic acids is 1. The summed E-state index contributed by atoms with van der Waals surface area (Å²) in [6.45, 7) is 4.32. The molecular weight excluding hydrogens is 430 g/mol. The number of aliphatic hydroxyl groups is 1. The third kappa shape index (κ3) is 3.50. The van der Waals surface area contributed by atoms with Crippen molar-refractivity contribution >= 4 is 34.1 Å². The molecule has 2 aromatic carbocycles. The van der Waals surface area contributed by atoms with Gasteiger partial charge in [-0.25, -0.2) is 9.97 Å². The van der Waals surface area contributed by atoms with E-state index in [4.69, 9.17) is 5.73 Å². The maximum atomic E-state index is 12.9. The first kappa shape index (κ1) is 21.7. The maximum absolute atomic E-state index is 12.9. The van der Waals surface area contributed by atoms with E-state index >= 15 is 0 Å². The molecular formula is C25H26N7O2+. The van der Waals surface area contributed by atoms with Crippen LogP contribution in [0.15, 0.2) is 47.7 Å². The zero-order valence-electron chi connectivity index (χ0n) is 19.5. The van der Waals surface area contributed by atoms with Crippen molar-refractivity contribution in [2.75, 3.05) is 18.1 Å². The number of aryl methyl sites for hydroxylation is 3. The zero-order valence-corrected chi connectivity index (χ0v) is 19.5. The van der Waals surface area contributed by atoms with Gasteiger partial charge in [0, 0.05) is 24.5 Å². The SMILES string of the molecule is Cc1nc(N)c2c(-c3ccc(NC(=O)C(O)c4cccc5c4[N+](C)=NC5)cc3C)cn(C)c2n1. The van der Waals surface area contributed by atoms with Crippen molar-refractivity contribution < 1.29 is 14.6 Å². The van der Waals surface area contributed by atoms with Gasteiger partial charge in [-0.05, 0) is 48.3 Å². The highest BCUT2D eigenvalue weighted by Crippen LogP contribution is 2.36. The van der Waals surface area contributed by atoms with Gasteiger partial charge in [0.2, 0.25) is 5.69 Å². The van der Waals surface area contributed by atoms with Gasteiger partial charge in [0.05, 0.1) is 16.5 Å². The van der Waals surface area contributed by atoms with Gasteiger partial charge in [0.25, 0.3) is 5.91 Å². The second kappa shape index (κ2) is 8.03. The van der Waals surface area contributed by atoms with E-state index in [1.54, 1.807) is 10.8 Å². The predicted molar refractivity (Wildman–Crippen MR) is 130 cm³/mol. The monoisotopic (exact) mass is 456 g/mol. The van der Waals surface area contributed by atoms with Crippen molar-refractivity contribution in [1.82, 2.24) is 14.5 Å². The van der Waals surface area contributed by atoms with E-state index in [0.717, 1.165) is 39.0 Å². The van der Waals surface area contributed by atoms with Crippen molar-refractivity contribution in [3.8, 4) is 11.1 Å². The normalized spacial score (nSPS) is 13.6. The minimum Gasteiger partial charge on any atom is -0.383 e. The van der Waals surface area contributed by atoms with E-state index in [1.165, 1.54) is 0 Å². The van der Waals surface area contributed by atoms with Crippen molar-refractivity contribution in [3.63, 3.8) is 0 Å². The highest BCUT2D eigenvalue weighted by molar-refractivity contribution is 6.02. The van der Waals surface area contributed by atoms with Gasteiger partial charge in [0.15, 0.2) is 13.2 Å². The quantitative estimate of drug-likeness (QED) is 0.404. The second-order valence-corrected chi connectivity index (χ2v) is 8.61. The standard InChI is InChI=1S/C25H25N7O2/c1-13-10-16(30-25(34)22(33)18-7-5-6-15-11-27-32(4)21(15)18)8-9-17(13)19-12-31(3)24-20(19)23(26)28-14(2)29-24/h5-10,12,22,33H,11H2,1-4H3,(H2-,26,28,29,30,34)/p+1. The van der Waals surface area contributed by atoms with Gasteiger partial charge in [-0.3, -0.25) is 4.79 Å². The third-order valence-electron chi connectivity index (χ3n) is 6.21. The highest BCUT2D eigenvalue weighted by Gasteiger charge is 2.31. The number of fused-ring (bicyclic) bond motifs is 2. The van der Waals surface area contributed by atoms with Gasteiger partial charge < -0.3 is 20.7 Å². The smallest absolute Gasteiger partial charge is 0.258 e. The predicted octanol–water partition coefficient (Wildman–Crippen LogP) is 3.75. The summed E-state index contributed by atoms with van der Waals surface area (Å²) in [5.74, 6) is 0.555. The number of nitrogen functional groups attached to an aromatic ring is 1. The number of aliphatic hydroxyl groups excluding tert-OH is 1. The Kier molecular flexibility index (Phi) is 5.13. The zero-order chi connectivity index (χ0) is 24.1. The number of aromatic nitrogens is 3. The van der Waals surface area contributed by atoms with Crippen LogP contribution in [0.2, 0.25) is 0 Å². The fourth-order valence-electron chi connectivity index (χ4n) is 4.62. The Labute approximate surface area is 196 Å². The Morgan fingerprint density at radius 3 is 2.76 bits per heavy atom. The van der Waals surface area contributed by atoms with Gasteiger partial charge in [-0.15, -0.1) is 0 Å². The molecule has 9 heteroatoms. The molecule has 0 spiro atoms. The number of amides is 1. The van der Waals surface area contributed by atoms with Gasteiger partial charge >= 0.3 is 0 Å². The van der Waals surface area contributed by atoms with Crippen molar-refractivity contribution in [2.45, 2.75) is 26.5 Å². The minimum atomic E-state index is -1.32. The maximum Gasteiger partial charge on any atom is 0.258 e. The number of hydrogen-bond donors (Lipinski definition) is 3. The van der Waals surface area contributed by atoms with Crippen molar-refractivity contribution in [2.24, 2.45) is 12.2 Å². The number of hydrogen-bond acceptors (Lipinski definition) is 6. The summed E-state index contributed by atoms with van der Waals surface area (Å²) < 4.78 is 3.64. The average Bonchev–Trinajstić information content (AvgIpc) is 3.33. The number of rotatable bonds is 4. The topological polar surface area (TPSA) is 121 Å². The van der Waals surface area contributed by atoms with Crippen molar-refractivity contribution in [3.05, 3.63) is 65.1 Å². The number of para-hydroxylation sites is 1. The van der Waals surface area contributed by atoms with Gasteiger partial charge in [0.1, 0.15) is 23.8 Å². The molecule has 1 aliphatic rings. The van der Waals surface area contributed by atoms with E-state index in [9.17, 15) is 9.90 Å². The van der Waals surface area contributed by atoms with Crippen molar-refractivity contribution in [1.29, 1.82) is 0 Å². The third-order valence-corrected chi connectivity index (χ3v) is 6.21. The Morgan fingerprint density at radius 2 is 2.00 bits per heavy atom. The first-order valence-electron chi connectivity index (χ1n) is 11.0. The molecule has 4 N–H and O–H groups in total. The summed E-state index contributed by atoms with van der Waals surface area (Å²) in [5.41, 5.74) is 12.7. The Bertz CT molecular complexity index is 1500. The molecule has 2 aromatic heterocycles. The lowest BCUT2D eigenvalue weighted by Gasteiger charge is -2.14. The van der Waals surface area contributed by atoms with Crippen LogP contribution in [0.25, 0.3) is 22.2 Å². The lowest BCUT2D eigenvalue weighted by Crippen LogP contribution is -2.21. The molecule has 5 rings (SSSR count). The summed E-state index contributed by atoms with van der Waals surface area (Å²) in [5, 5.41) is 18.8. The van der Waals surface area contributed by atoms with E-state index < -0.39 is 12.0 Å². The molecule has 0 bridgehead atoms. The van der Waals surface area contributed by atoms with Crippen LogP contribution in [0.4, 0.5) is 17.2 Å². The lowest BCUT2D eigenvalue weighted by molar-refractivity contribution is -0.477. The summed E-state index contributed by atoms with van der Waals surface area (Å²) in [7, 11) is 3.74. The number of nitrogens with one attached hydrogen (secondary N) is 1. The van der Waals surface area contributed by atoms with Crippen LogP contribution in [0.1, 0.15) is 28.6 Å². The van der Waals surface area contributed by atoms with Crippen LogP contribution < -0.4 is 11.1 Å². The first-order valence-corrected chi connectivity index (χ1v) is 11.0. The molecule has 34 heavy (non-hydrogen) atoms. The fourth-order valence-corrected chi connectivity index (χ4v) is 4.62.